The van der Waals surface area contributed by atoms with Gasteiger partial charge in [-0.15, -0.1) is 11.3 Å². The summed E-state index contributed by atoms with van der Waals surface area (Å²) in [5, 5.41) is 16.3. The molecule has 3 rings (SSSR count). The molecule has 1 saturated heterocycles. The highest BCUT2D eigenvalue weighted by Crippen LogP contribution is 2.28. The standard InChI is InChI=1S/C23H32N4O3S/c1-13(2)25-16(5)23(30)27-11-19(28)10-20(27)22(29)26-14(3)17-6-8-18(9-7-17)21-15(4)24-12-31-21/h6-9,12-14,16,19-20,25,28H,10-11H2,1-5H3,(H,26,29). The molecule has 1 aliphatic rings. The Hall–Kier alpha value is -2.29. The predicted octanol–water partition coefficient (Wildman–Crippen LogP) is 2.64. The van der Waals surface area contributed by atoms with Crippen LogP contribution in [0.4, 0.5) is 0 Å². The van der Waals surface area contributed by atoms with E-state index in [-0.39, 0.29) is 36.9 Å². The fraction of sp³-hybridized carbons (Fsp3) is 0.522. The van der Waals surface area contributed by atoms with Gasteiger partial charge in [-0.25, -0.2) is 4.98 Å². The third-order valence-electron chi connectivity index (χ3n) is 5.60. The van der Waals surface area contributed by atoms with Crippen molar-refractivity contribution in [2.75, 3.05) is 6.54 Å². The summed E-state index contributed by atoms with van der Waals surface area (Å²) in [6, 6.07) is 6.92. The van der Waals surface area contributed by atoms with Gasteiger partial charge in [0.25, 0.3) is 0 Å². The molecule has 0 bridgehead atoms. The van der Waals surface area contributed by atoms with Gasteiger partial charge in [0.2, 0.25) is 11.8 Å². The molecule has 7 nitrogen and oxygen atoms in total. The van der Waals surface area contributed by atoms with Crippen molar-refractivity contribution in [3.8, 4) is 10.4 Å². The van der Waals surface area contributed by atoms with Crippen molar-refractivity contribution >= 4 is 23.2 Å². The average Bonchev–Trinajstić information content (AvgIpc) is 3.32. The monoisotopic (exact) mass is 444 g/mol. The first-order valence-corrected chi connectivity index (χ1v) is 11.6. The quantitative estimate of drug-likeness (QED) is 0.610. The smallest absolute Gasteiger partial charge is 0.243 e. The molecule has 2 heterocycles. The van der Waals surface area contributed by atoms with Crippen LogP contribution < -0.4 is 10.6 Å². The maximum atomic E-state index is 13.0. The molecule has 0 spiro atoms. The third-order valence-corrected chi connectivity index (χ3v) is 6.57. The number of thiazole rings is 1. The number of carbonyl (C=O) groups is 2. The Labute approximate surface area is 187 Å². The van der Waals surface area contributed by atoms with Crippen molar-refractivity contribution in [1.29, 1.82) is 0 Å². The van der Waals surface area contributed by atoms with Crippen molar-refractivity contribution in [1.82, 2.24) is 20.5 Å². The minimum absolute atomic E-state index is 0.149. The Morgan fingerprint density at radius 2 is 1.87 bits per heavy atom. The topological polar surface area (TPSA) is 94.6 Å². The second kappa shape index (κ2) is 9.89. The van der Waals surface area contributed by atoms with Gasteiger partial charge in [-0.1, -0.05) is 38.1 Å². The number of β-amino-alcohol motifs (C(OH)–C–C–N with tert-alkyl or cyclic N) is 1. The van der Waals surface area contributed by atoms with Gasteiger partial charge in [-0.2, -0.15) is 0 Å². The van der Waals surface area contributed by atoms with Gasteiger partial charge in [-0.3, -0.25) is 9.59 Å². The fourth-order valence-electron chi connectivity index (χ4n) is 4.02. The summed E-state index contributed by atoms with van der Waals surface area (Å²) >= 11 is 1.61. The number of rotatable bonds is 7. The van der Waals surface area contributed by atoms with E-state index in [2.05, 4.69) is 15.6 Å². The number of nitrogens with zero attached hydrogens (tertiary/aromatic N) is 2. The molecule has 8 heteroatoms. The Morgan fingerprint density at radius 1 is 1.19 bits per heavy atom. The van der Waals surface area contributed by atoms with Gasteiger partial charge >= 0.3 is 0 Å². The first-order valence-electron chi connectivity index (χ1n) is 10.7. The summed E-state index contributed by atoms with van der Waals surface area (Å²) in [4.78, 5) is 32.8. The Bertz CT molecular complexity index is 912. The van der Waals surface area contributed by atoms with Crippen LogP contribution in [0.3, 0.4) is 0 Å². The van der Waals surface area contributed by atoms with Crippen LogP contribution in [0, 0.1) is 6.92 Å². The van der Waals surface area contributed by atoms with E-state index in [0.29, 0.717) is 0 Å². The highest BCUT2D eigenvalue weighted by atomic mass is 32.1. The first-order chi connectivity index (χ1) is 14.7. The maximum absolute atomic E-state index is 13.0. The zero-order chi connectivity index (χ0) is 22.7. The second-order valence-electron chi connectivity index (χ2n) is 8.56. The van der Waals surface area contributed by atoms with Crippen molar-refractivity contribution in [2.45, 2.75) is 71.3 Å². The Morgan fingerprint density at radius 3 is 2.45 bits per heavy atom. The molecule has 0 saturated carbocycles. The second-order valence-corrected chi connectivity index (χ2v) is 9.41. The van der Waals surface area contributed by atoms with Crippen LogP contribution in [-0.4, -0.2) is 57.6 Å². The lowest BCUT2D eigenvalue weighted by Crippen LogP contribution is -2.52. The SMILES string of the molecule is Cc1ncsc1-c1ccc(C(C)NC(=O)C2CC(O)CN2C(=O)C(C)NC(C)C)cc1. The minimum Gasteiger partial charge on any atom is -0.391 e. The van der Waals surface area contributed by atoms with Crippen LogP contribution in [0.25, 0.3) is 10.4 Å². The molecule has 1 aromatic carbocycles. The van der Waals surface area contributed by atoms with Gasteiger partial charge in [0.05, 0.1) is 34.3 Å². The third kappa shape index (κ3) is 5.50. The molecule has 3 N–H and O–H groups in total. The lowest BCUT2D eigenvalue weighted by molar-refractivity contribution is -0.140. The predicted molar refractivity (Wildman–Crippen MR) is 123 cm³/mol. The largest absolute Gasteiger partial charge is 0.391 e. The maximum Gasteiger partial charge on any atom is 0.243 e. The number of aliphatic hydroxyl groups excluding tert-OH is 1. The molecule has 0 aliphatic carbocycles. The summed E-state index contributed by atoms with van der Waals surface area (Å²) in [6.07, 6.45) is -0.439. The van der Waals surface area contributed by atoms with E-state index in [1.165, 1.54) is 4.90 Å². The molecule has 4 atom stereocenters. The van der Waals surface area contributed by atoms with Crippen molar-refractivity contribution in [3.05, 3.63) is 41.0 Å². The van der Waals surface area contributed by atoms with E-state index in [4.69, 9.17) is 0 Å². The molecule has 1 aliphatic heterocycles. The van der Waals surface area contributed by atoms with Crippen LogP contribution in [0.15, 0.2) is 29.8 Å². The van der Waals surface area contributed by atoms with Crippen LogP contribution in [0.2, 0.25) is 0 Å². The molecule has 1 fully saturated rings. The molecule has 4 unspecified atom stereocenters. The van der Waals surface area contributed by atoms with Gasteiger partial charge in [0.15, 0.2) is 0 Å². The van der Waals surface area contributed by atoms with Crippen molar-refractivity contribution < 1.29 is 14.7 Å². The molecule has 31 heavy (non-hydrogen) atoms. The zero-order valence-corrected chi connectivity index (χ0v) is 19.6. The van der Waals surface area contributed by atoms with Crippen LogP contribution >= 0.6 is 11.3 Å². The number of aryl methyl sites for hydroxylation is 1. The number of likely N-dealkylation sites (tertiary alicyclic amines) is 1. The lowest BCUT2D eigenvalue weighted by atomic mass is 10.0. The number of hydrogen-bond donors (Lipinski definition) is 3. The highest BCUT2D eigenvalue weighted by molar-refractivity contribution is 7.13. The van der Waals surface area contributed by atoms with E-state index in [0.717, 1.165) is 21.7 Å². The average molecular weight is 445 g/mol. The number of benzene rings is 1. The van der Waals surface area contributed by atoms with Crippen LogP contribution in [0.1, 0.15) is 51.4 Å². The van der Waals surface area contributed by atoms with E-state index in [1.807, 2.05) is 57.5 Å². The molecule has 2 amide bonds. The molecular weight excluding hydrogens is 412 g/mol. The van der Waals surface area contributed by atoms with E-state index in [9.17, 15) is 14.7 Å². The number of nitrogens with one attached hydrogen (secondary N) is 2. The summed E-state index contributed by atoms with van der Waals surface area (Å²) in [5.74, 6) is -0.404. The summed E-state index contributed by atoms with van der Waals surface area (Å²) < 4.78 is 0. The van der Waals surface area contributed by atoms with Crippen LogP contribution in [0.5, 0.6) is 0 Å². The van der Waals surface area contributed by atoms with Gasteiger partial charge < -0.3 is 20.6 Å². The van der Waals surface area contributed by atoms with E-state index >= 15 is 0 Å². The summed E-state index contributed by atoms with van der Waals surface area (Å²) in [7, 11) is 0. The van der Waals surface area contributed by atoms with Crippen LogP contribution in [-0.2, 0) is 9.59 Å². The highest BCUT2D eigenvalue weighted by Gasteiger charge is 2.40. The number of carbonyl (C=O) groups excluding carboxylic acids is 2. The lowest BCUT2D eigenvalue weighted by Gasteiger charge is -2.28. The van der Waals surface area contributed by atoms with E-state index in [1.54, 1.807) is 18.3 Å². The van der Waals surface area contributed by atoms with Crippen molar-refractivity contribution in [3.63, 3.8) is 0 Å². The molecule has 2 aromatic rings. The van der Waals surface area contributed by atoms with Gasteiger partial charge in [-0.05, 0) is 31.9 Å². The summed E-state index contributed by atoms with van der Waals surface area (Å²) in [5.41, 5.74) is 4.92. The van der Waals surface area contributed by atoms with E-state index < -0.39 is 18.2 Å². The molecular formula is C23H32N4O3S. The normalized spacial score (nSPS) is 20.7. The van der Waals surface area contributed by atoms with Gasteiger partial charge in [0.1, 0.15) is 6.04 Å². The zero-order valence-electron chi connectivity index (χ0n) is 18.8. The minimum atomic E-state index is -0.691. The molecule has 1 aromatic heterocycles. The Kier molecular flexibility index (Phi) is 7.46. The summed E-state index contributed by atoms with van der Waals surface area (Å²) in [6.45, 7) is 9.82. The number of aliphatic hydroxyl groups is 1. The fourth-order valence-corrected chi connectivity index (χ4v) is 4.83. The van der Waals surface area contributed by atoms with Gasteiger partial charge in [0, 0.05) is 19.0 Å². The number of aromatic nitrogens is 1. The first kappa shape index (κ1) is 23.4. The number of amides is 2. The van der Waals surface area contributed by atoms with Crippen molar-refractivity contribution in [2.24, 2.45) is 0 Å². The molecule has 0 radical (unpaired) electrons. The molecule has 168 valence electrons. The number of hydrogen-bond acceptors (Lipinski definition) is 6. The Balaban J connectivity index is 1.66.